The van der Waals surface area contributed by atoms with E-state index in [1.165, 1.54) is 5.56 Å². The van der Waals surface area contributed by atoms with Gasteiger partial charge in [0.1, 0.15) is 5.54 Å². The Balaban J connectivity index is 2.30. The van der Waals surface area contributed by atoms with E-state index in [0.29, 0.717) is 6.04 Å². The van der Waals surface area contributed by atoms with Crippen molar-refractivity contribution >= 4 is 5.91 Å². The normalized spacial score (nSPS) is 19.1. The maximum Gasteiger partial charge on any atom is 0.242 e. The third kappa shape index (κ3) is 2.09. The minimum absolute atomic E-state index is 0.316. The first-order valence-electron chi connectivity index (χ1n) is 5.67. The molecule has 1 atom stereocenters. The van der Waals surface area contributed by atoms with Gasteiger partial charge in [0.2, 0.25) is 5.91 Å². The number of benzene rings is 1. The number of carbonyl (C=O) groups excluding carboxylic acids is 1. The minimum atomic E-state index is -0.741. The minimum Gasteiger partial charge on any atom is -0.368 e. The number of hydrogen-bond acceptors (Lipinski definition) is 2. The second-order valence-electron chi connectivity index (χ2n) is 4.77. The number of nitrogens with one attached hydrogen (secondary N) is 1. The van der Waals surface area contributed by atoms with Crippen LogP contribution in [0.5, 0.6) is 0 Å². The molecule has 1 fully saturated rings. The molecule has 1 aliphatic rings. The molecule has 0 spiro atoms. The smallest absolute Gasteiger partial charge is 0.242 e. The summed E-state index contributed by atoms with van der Waals surface area (Å²) in [7, 11) is 0. The lowest BCUT2D eigenvalue weighted by atomic mass is 9.90. The molecule has 1 saturated carbocycles. The Morgan fingerprint density at radius 3 is 2.38 bits per heavy atom. The van der Waals surface area contributed by atoms with Gasteiger partial charge >= 0.3 is 0 Å². The number of carbonyl (C=O) groups is 1. The van der Waals surface area contributed by atoms with Gasteiger partial charge in [0.25, 0.3) is 0 Å². The molecular weight excluding hydrogens is 200 g/mol. The van der Waals surface area contributed by atoms with Gasteiger partial charge < -0.3 is 5.73 Å². The van der Waals surface area contributed by atoms with Crippen molar-refractivity contribution in [1.82, 2.24) is 5.32 Å². The fraction of sp³-hybridized carbons (Fsp3) is 0.462. The van der Waals surface area contributed by atoms with Crippen molar-refractivity contribution in [3.8, 4) is 0 Å². The summed E-state index contributed by atoms with van der Waals surface area (Å²) in [5, 5.41) is 3.33. The Morgan fingerprint density at radius 1 is 1.38 bits per heavy atom. The first-order valence-corrected chi connectivity index (χ1v) is 5.67. The van der Waals surface area contributed by atoms with E-state index in [2.05, 4.69) is 5.32 Å². The monoisotopic (exact) mass is 218 g/mol. The van der Waals surface area contributed by atoms with Crippen LogP contribution < -0.4 is 11.1 Å². The van der Waals surface area contributed by atoms with E-state index < -0.39 is 5.54 Å². The largest absolute Gasteiger partial charge is 0.368 e. The molecule has 0 aliphatic heterocycles. The molecule has 1 amide bonds. The molecule has 1 unspecified atom stereocenters. The zero-order valence-corrected chi connectivity index (χ0v) is 9.79. The summed E-state index contributed by atoms with van der Waals surface area (Å²) in [5.74, 6) is -0.316. The molecule has 0 radical (unpaired) electrons. The zero-order valence-electron chi connectivity index (χ0n) is 9.79. The molecule has 3 N–H and O–H groups in total. The van der Waals surface area contributed by atoms with E-state index in [1.54, 1.807) is 0 Å². The molecule has 0 aromatic heterocycles. The lowest BCUT2D eigenvalue weighted by molar-refractivity contribution is -0.124. The van der Waals surface area contributed by atoms with Gasteiger partial charge in [-0.2, -0.15) is 0 Å². The number of hydrogen-bond donors (Lipinski definition) is 2. The average Bonchev–Trinajstić information content (AvgIpc) is 3.02. The topological polar surface area (TPSA) is 55.1 Å². The number of nitrogens with two attached hydrogens (primary N) is 1. The number of primary amides is 1. The van der Waals surface area contributed by atoms with Crippen LogP contribution in [-0.4, -0.2) is 11.9 Å². The van der Waals surface area contributed by atoms with Crippen LogP contribution in [0.2, 0.25) is 0 Å². The number of amides is 1. The fourth-order valence-corrected chi connectivity index (χ4v) is 1.82. The first-order chi connectivity index (χ1) is 7.52. The molecule has 1 aromatic rings. The summed E-state index contributed by atoms with van der Waals surface area (Å²) in [6, 6.07) is 8.39. The summed E-state index contributed by atoms with van der Waals surface area (Å²) < 4.78 is 0. The van der Waals surface area contributed by atoms with E-state index in [1.807, 2.05) is 38.1 Å². The van der Waals surface area contributed by atoms with Gasteiger partial charge in [-0.25, -0.2) is 0 Å². The number of rotatable bonds is 4. The number of aryl methyl sites for hydroxylation is 1. The highest BCUT2D eigenvalue weighted by Crippen LogP contribution is 2.28. The van der Waals surface area contributed by atoms with Crippen molar-refractivity contribution in [3.05, 3.63) is 35.4 Å². The van der Waals surface area contributed by atoms with Gasteiger partial charge in [-0.3, -0.25) is 10.1 Å². The Kier molecular flexibility index (Phi) is 2.72. The van der Waals surface area contributed by atoms with Gasteiger partial charge in [-0.15, -0.1) is 0 Å². The van der Waals surface area contributed by atoms with Gasteiger partial charge in [0.15, 0.2) is 0 Å². The fourth-order valence-electron chi connectivity index (χ4n) is 1.82. The van der Waals surface area contributed by atoms with Crippen LogP contribution in [0.25, 0.3) is 0 Å². The summed E-state index contributed by atoms with van der Waals surface area (Å²) in [5.41, 5.74) is 6.90. The molecule has 1 aliphatic carbocycles. The maximum atomic E-state index is 11.6. The Morgan fingerprint density at radius 2 is 1.94 bits per heavy atom. The van der Waals surface area contributed by atoms with E-state index in [-0.39, 0.29) is 5.91 Å². The highest BCUT2D eigenvalue weighted by molar-refractivity contribution is 5.85. The molecule has 3 nitrogen and oxygen atoms in total. The van der Waals surface area contributed by atoms with Crippen molar-refractivity contribution in [3.63, 3.8) is 0 Å². The lowest BCUT2D eigenvalue weighted by Crippen LogP contribution is -2.51. The summed E-state index contributed by atoms with van der Waals surface area (Å²) in [6.45, 7) is 3.89. The Bertz CT molecular complexity index is 395. The van der Waals surface area contributed by atoms with Gasteiger partial charge in [0.05, 0.1) is 0 Å². The SMILES string of the molecule is Cc1ccc(C(C)(NC2CC2)C(N)=O)cc1. The summed E-state index contributed by atoms with van der Waals surface area (Å²) >= 11 is 0. The molecule has 2 rings (SSSR count). The predicted octanol–water partition coefficient (Wildman–Crippen LogP) is 1.45. The molecule has 16 heavy (non-hydrogen) atoms. The van der Waals surface area contributed by atoms with Gasteiger partial charge in [0, 0.05) is 6.04 Å². The van der Waals surface area contributed by atoms with Crippen molar-refractivity contribution < 1.29 is 4.79 Å². The van der Waals surface area contributed by atoms with E-state index in [0.717, 1.165) is 18.4 Å². The molecule has 0 saturated heterocycles. The van der Waals surface area contributed by atoms with Crippen LogP contribution in [0.15, 0.2) is 24.3 Å². The van der Waals surface area contributed by atoms with Crippen LogP contribution in [0.1, 0.15) is 30.9 Å². The molecule has 86 valence electrons. The molecule has 3 heteroatoms. The third-order valence-electron chi connectivity index (χ3n) is 3.19. The van der Waals surface area contributed by atoms with Crippen LogP contribution >= 0.6 is 0 Å². The first kappa shape index (κ1) is 11.1. The maximum absolute atomic E-state index is 11.6. The van der Waals surface area contributed by atoms with Crippen LogP contribution in [0.4, 0.5) is 0 Å². The molecular formula is C13H18N2O. The molecule has 1 aromatic carbocycles. The average molecular weight is 218 g/mol. The van der Waals surface area contributed by atoms with E-state index in [9.17, 15) is 4.79 Å². The van der Waals surface area contributed by atoms with E-state index in [4.69, 9.17) is 5.73 Å². The van der Waals surface area contributed by atoms with Crippen molar-refractivity contribution in [1.29, 1.82) is 0 Å². The Hall–Kier alpha value is -1.35. The Labute approximate surface area is 96.0 Å². The summed E-state index contributed by atoms with van der Waals surface area (Å²) in [6.07, 6.45) is 2.27. The standard InChI is InChI=1S/C13H18N2O/c1-9-3-5-10(6-4-9)13(2,12(14)16)15-11-7-8-11/h3-6,11,15H,7-8H2,1-2H3,(H2,14,16). The quantitative estimate of drug-likeness (QED) is 0.803. The predicted molar refractivity (Wildman–Crippen MR) is 63.9 cm³/mol. The van der Waals surface area contributed by atoms with Crippen LogP contribution in [-0.2, 0) is 10.3 Å². The lowest BCUT2D eigenvalue weighted by Gasteiger charge is -2.28. The van der Waals surface area contributed by atoms with Crippen molar-refractivity contribution in [2.75, 3.05) is 0 Å². The van der Waals surface area contributed by atoms with E-state index >= 15 is 0 Å². The van der Waals surface area contributed by atoms with Crippen molar-refractivity contribution in [2.24, 2.45) is 5.73 Å². The molecule has 0 bridgehead atoms. The third-order valence-corrected chi connectivity index (χ3v) is 3.19. The zero-order chi connectivity index (χ0) is 11.8. The van der Waals surface area contributed by atoms with Crippen molar-refractivity contribution in [2.45, 2.75) is 38.3 Å². The highest BCUT2D eigenvalue weighted by Gasteiger charge is 2.38. The highest BCUT2D eigenvalue weighted by atomic mass is 16.1. The van der Waals surface area contributed by atoms with Crippen LogP contribution in [0, 0.1) is 6.92 Å². The van der Waals surface area contributed by atoms with Gasteiger partial charge in [-0.1, -0.05) is 29.8 Å². The van der Waals surface area contributed by atoms with Crippen LogP contribution in [0.3, 0.4) is 0 Å². The van der Waals surface area contributed by atoms with Gasteiger partial charge in [-0.05, 0) is 32.3 Å². The molecule has 0 heterocycles. The second kappa shape index (κ2) is 3.91. The summed E-state index contributed by atoms with van der Waals surface area (Å²) in [4.78, 5) is 11.6. The second-order valence-corrected chi connectivity index (χ2v) is 4.77.